The normalized spacial score (nSPS) is 10.7. The smallest absolute Gasteiger partial charge is 0.278 e. The molecule has 0 saturated carbocycles. The Morgan fingerprint density at radius 3 is 2.63 bits per heavy atom. The van der Waals surface area contributed by atoms with E-state index in [0.717, 1.165) is 24.6 Å². The number of nitrogens with zero attached hydrogens (tertiary/aromatic N) is 1. The summed E-state index contributed by atoms with van der Waals surface area (Å²) in [6, 6.07) is 10.4. The van der Waals surface area contributed by atoms with Crippen molar-refractivity contribution in [3.8, 4) is 5.75 Å². The molecule has 0 aliphatic carbocycles. The molecule has 2 aromatic carbocycles. The number of nitrogens with one attached hydrogen (secondary N) is 1. The van der Waals surface area contributed by atoms with Crippen molar-refractivity contribution >= 4 is 11.6 Å². The average molecular weight is 372 g/mol. The average Bonchev–Trinajstić information content (AvgIpc) is 3.04. The minimum Gasteiger partial charge on any atom is -0.489 e. The van der Waals surface area contributed by atoms with E-state index >= 15 is 0 Å². The third-order valence-corrected chi connectivity index (χ3v) is 4.09. The van der Waals surface area contributed by atoms with E-state index < -0.39 is 17.5 Å². The summed E-state index contributed by atoms with van der Waals surface area (Å²) in [5, 5.41) is 6.02. The summed E-state index contributed by atoms with van der Waals surface area (Å²) in [4.78, 5) is 12.4. The second-order valence-electron chi connectivity index (χ2n) is 5.93. The van der Waals surface area contributed by atoms with Gasteiger partial charge in [-0.05, 0) is 43.2 Å². The minimum atomic E-state index is -0.751. The molecule has 1 heterocycles. The molecule has 7 heteroatoms. The molecule has 0 unspecified atom stereocenters. The van der Waals surface area contributed by atoms with Crippen molar-refractivity contribution in [3.05, 3.63) is 76.7 Å². The molecular formula is C20H18F2N2O3. The quantitative estimate of drug-likeness (QED) is 0.684. The number of aryl methyl sites for hydroxylation is 2. The van der Waals surface area contributed by atoms with Gasteiger partial charge in [0.2, 0.25) is 0 Å². The number of amides is 1. The van der Waals surface area contributed by atoms with Gasteiger partial charge in [-0.1, -0.05) is 24.2 Å². The Morgan fingerprint density at radius 1 is 1.19 bits per heavy atom. The number of ether oxygens (including phenoxy) is 1. The molecule has 0 bridgehead atoms. The third kappa shape index (κ3) is 4.31. The van der Waals surface area contributed by atoms with Crippen molar-refractivity contribution in [3.63, 3.8) is 0 Å². The lowest BCUT2D eigenvalue weighted by molar-refractivity contribution is 0.101. The first-order valence-electron chi connectivity index (χ1n) is 8.41. The van der Waals surface area contributed by atoms with E-state index in [1.165, 1.54) is 5.56 Å². The molecule has 3 rings (SSSR count). The van der Waals surface area contributed by atoms with Crippen molar-refractivity contribution < 1.29 is 22.8 Å². The second kappa shape index (κ2) is 7.99. The van der Waals surface area contributed by atoms with Gasteiger partial charge >= 0.3 is 0 Å². The molecule has 3 aromatic rings. The molecule has 0 spiro atoms. The molecule has 0 atom stereocenters. The lowest BCUT2D eigenvalue weighted by atomic mass is 10.1. The van der Waals surface area contributed by atoms with Gasteiger partial charge in [0, 0.05) is 6.07 Å². The van der Waals surface area contributed by atoms with E-state index in [1.54, 1.807) is 6.92 Å². The first-order valence-corrected chi connectivity index (χ1v) is 8.41. The van der Waals surface area contributed by atoms with Gasteiger partial charge in [0.1, 0.15) is 29.8 Å². The van der Waals surface area contributed by atoms with Crippen molar-refractivity contribution in [2.75, 3.05) is 5.32 Å². The fraction of sp³-hybridized carbons (Fsp3) is 0.200. The summed E-state index contributed by atoms with van der Waals surface area (Å²) in [7, 11) is 0. The number of aromatic nitrogens is 1. The molecule has 0 radical (unpaired) electrons. The zero-order chi connectivity index (χ0) is 19.4. The van der Waals surface area contributed by atoms with E-state index in [1.807, 2.05) is 24.3 Å². The molecule has 1 amide bonds. The molecule has 1 N–H and O–H groups in total. The van der Waals surface area contributed by atoms with E-state index in [0.29, 0.717) is 17.1 Å². The maximum absolute atomic E-state index is 13.7. The van der Waals surface area contributed by atoms with E-state index in [-0.39, 0.29) is 18.0 Å². The molecular weight excluding hydrogens is 354 g/mol. The Morgan fingerprint density at radius 2 is 1.93 bits per heavy atom. The zero-order valence-electron chi connectivity index (χ0n) is 14.9. The first kappa shape index (κ1) is 18.6. The molecule has 0 saturated heterocycles. The van der Waals surface area contributed by atoms with Crippen LogP contribution in [0, 0.1) is 18.6 Å². The Hall–Kier alpha value is -3.22. The SMILES string of the molecule is CCc1ccc(OCc2c(C(=O)Nc3cc(F)ccc3F)noc2C)cc1. The van der Waals surface area contributed by atoms with Crippen LogP contribution in [0.5, 0.6) is 5.75 Å². The van der Waals surface area contributed by atoms with Crippen molar-refractivity contribution in [1.82, 2.24) is 5.16 Å². The van der Waals surface area contributed by atoms with Crippen LogP contribution in [0.25, 0.3) is 0 Å². The molecule has 27 heavy (non-hydrogen) atoms. The highest BCUT2D eigenvalue weighted by atomic mass is 19.1. The van der Waals surface area contributed by atoms with E-state index in [9.17, 15) is 13.6 Å². The largest absolute Gasteiger partial charge is 0.489 e. The monoisotopic (exact) mass is 372 g/mol. The molecule has 1 aromatic heterocycles. The molecule has 140 valence electrons. The molecule has 0 aliphatic heterocycles. The predicted octanol–water partition coefficient (Wildman–Crippen LogP) is 4.65. The molecule has 0 aliphatic rings. The Balaban J connectivity index is 1.75. The summed E-state index contributed by atoms with van der Waals surface area (Å²) in [5.74, 6) is -1.09. The highest BCUT2D eigenvalue weighted by molar-refractivity contribution is 6.03. The fourth-order valence-electron chi connectivity index (χ4n) is 2.49. The van der Waals surface area contributed by atoms with Gasteiger partial charge in [-0.15, -0.1) is 0 Å². The van der Waals surface area contributed by atoms with E-state index in [4.69, 9.17) is 9.26 Å². The topological polar surface area (TPSA) is 64.4 Å². The van der Waals surface area contributed by atoms with Crippen LogP contribution in [0.1, 0.15) is 34.3 Å². The summed E-state index contributed by atoms with van der Waals surface area (Å²) >= 11 is 0. The number of hydrogen-bond donors (Lipinski definition) is 1. The van der Waals surface area contributed by atoms with Gasteiger partial charge in [-0.3, -0.25) is 4.79 Å². The second-order valence-corrected chi connectivity index (χ2v) is 5.93. The number of carbonyl (C=O) groups is 1. The zero-order valence-corrected chi connectivity index (χ0v) is 14.9. The van der Waals surface area contributed by atoms with Crippen LogP contribution in [0.2, 0.25) is 0 Å². The van der Waals surface area contributed by atoms with Gasteiger partial charge < -0.3 is 14.6 Å². The van der Waals surface area contributed by atoms with E-state index in [2.05, 4.69) is 17.4 Å². The van der Waals surface area contributed by atoms with Crippen molar-refractivity contribution in [2.24, 2.45) is 0 Å². The van der Waals surface area contributed by atoms with Crippen LogP contribution < -0.4 is 10.1 Å². The van der Waals surface area contributed by atoms with Crippen molar-refractivity contribution in [2.45, 2.75) is 26.9 Å². The number of anilines is 1. The Bertz CT molecular complexity index is 952. The predicted molar refractivity (Wildman–Crippen MR) is 95.7 cm³/mol. The molecule has 0 fully saturated rings. The van der Waals surface area contributed by atoms with Crippen LogP contribution in [-0.4, -0.2) is 11.1 Å². The third-order valence-electron chi connectivity index (χ3n) is 4.09. The van der Waals surface area contributed by atoms with Gasteiger partial charge in [0.25, 0.3) is 5.91 Å². The maximum atomic E-state index is 13.7. The van der Waals surface area contributed by atoms with Gasteiger partial charge in [-0.25, -0.2) is 8.78 Å². The first-order chi connectivity index (χ1) is 13.0. The van der Waals surface area contributed by atoms with Gasteiger partial charge in [0.15, 0.2) is 5.69 Å². The number of halogens is 2. The van der Waals surface area contributed by atoms with Crippen LogP contribution in [-0.2, 0) is 13.0 Å². The minimum absolute atomic E-state index is 0.0404. The van der Waals surface area contributed by atoms with Gasteiger partial charge in [0.05, 0.1) is 11.3 Å². The standard InChI is InChI=1S/C20H18F2N2O3/c1-3-13-4-7-15(8-5-13)26-11-16-12(2)27-24-19(16)20(25)23-18-10-14(21)6-9-17(18)22/h4-10H,3,11H2,1-2H3,(H,23,25). The van der Waals surface area contributed by atoms with Crippen LogP contribution >= 0.6 is 0 Å². The van der Waals surface area contributed by atoms with Crippen LogP contribution in [0.3, 0.4) is 0 Å². The van der Waals surface area contributed by atoms with Crippen molar-refractivity contribution in [1.29, 1.82) is 0 Å². The number of benzene rings is 2. The lowest BCUT2D eigenvalue weighted by Crippen LogP contribution is -2.16. The number of carbonyl (C=O) groups excluding carboxylic acids is 1. The summed E-state index contributed by atoms with van der Waals surface area (Å²) in [5.41, 5.74) is 1.30. The number of rotatable bonds is 6. The summed E-state index contributed by atoms with van der Waals surface area (Å²) in [6.45, 7) is 3.75. The highest BCUT2D eigenvalue weighted by Crippen LogP contribution is 2.21. The summed E-state index contributed by atoms with van der Waals surface area (Å²) < 4.78 is 37.8. The van der Waals surface area contributed by atoms with Crippen LogP contribution in [0.15, 0.2) is 47.0 Å². The highest BCUT2D eigenvalue weighted by Gasteiger charge is 2.21. The number of hydrogen-bond acceptors (Lipinski definition) is 4. The molecule has 5 nitrogen and oxygen atoms in total. The lowest BCUT2D eigenvalue weighted by Gasteiger charge is -2.08. The Labute approximate surface area is 154 Å². The summed E-state index contributed by atoms with van der Waals surface area (Å²) in [6.07, 6.45) is 0.923. The maximum Gasteiger partial charge on any atom is 0.278 e. The van der Waals surface area contributed by atoms with Gasteiger partial charge in [-0.2, -0.15) is 0 Å². The fourth-order valence-corrected chi connectivity index (χ4v) is 2.49. The Kier molecular flexibility index (Phi) is 5.49. The van der Waals surface area contributed by atoms with Crippen LogP contribution in [0.4, 0.5) is 14.5 Å².